The number of anilines is 2. The Labute approximate surface area is 104 Å². The largest absolute Gasteiger partial charge is 0.378 e. The van der Waals surface area contributed by atoms with Gasteiger partial charge < -0.3 is 15.0 Å². The van der Waals surface area contributed by atoms with Crippen molar-refractivity contribution in [1.29, 1.82) is 0 Å². The molecule has 1 saturated heterocycles. The molecule has 1 N–H and O–H groups in total. The summed E-state index contributed by atoms with van der Waals surface area (Å²) in [6.45, 7) is 1.00. The van der Waals surface area contributed by atoms with E-state index >= 15 is 0 Å². The lowest BCUT2D eigenvalue weighted by Crippen LogP contribution is -2.40. The van der Waals surface area contributed by atoms with Crippen LogP contribution in [0.5, 0.6) is 0 Å². The van der Waals surface area contributed by atoms with Gasteiger partial charge in [0.1, 0.15) is 5.15 Å². The van der Waals surface area contributed by atoms with Gasteiger partial charge in [-0.25, -0.2) is 4.98 Å². The van der Waals surface area contributed by atoms with Crippen molar-refractivity contribution in [1.82, 2.24) is 4.98 Å². The van der Waals surface area contributed by atoms with Crippen LogP contribution in [0.15, 0.2) is 12.1 Å². The van der Waals surface area contributed by atoms with E-state index in [9.17, 15) is 4.79 Å². The van der Waals surface area contributed by atoms with Crippen molar-refractivity contribution in [2.45, 2.75) is 6.04 Å². The monoisotopic (exact) mass is 253 g/mol. The molecule has 1 aromatic rings. The Morgan fingerprint density at radius 2 is 2.35 bits per heavy atom. The summed E-state index contributed by atoms with van der Waals surface area (Å²) in [6, 6.07) is 3.48. The lowest BCUT2D eigenvalue weighted by Gasteiger charge is -2.25. The van der Waals surface area contributed by atoms with Crippen molar-refractivity contribution in [2.24, 2.45) is 5.92 Å². The van der Waals surface area contributed by atoms with Crippen LogP contribution in [-0.4, -0.2) is 37.2 Å². The topological polar surface area (TPSA) is 54.5 Å². The number of rotatable bonds is 0. The predicted octanol–water partition coefficient (Wildman–Crippen LogP) is 1.14. The second-order valence-electron chi connectivity index (χ2n) is 4.32. The molecular formula is C11H12ClN3O2. The van der Waals surface area contributed by atoms with Gasteiger partial charge in [0.25, 0.3) is 0 Å². The van der Waals surface area contributed by atoms with Crippen molar-refractivity contribution in [3.8, 4) is 0 Å². The zero-order valence-electron chi connectivity index (χ0n) is 9.31. The molecule has 2 aliphatic rings. The number of ether oxygens (including phenoxy) is 1. The van der Waals surface area contributed by atoms with Crippen molar-refractivity contribution < 1.29 is 9.53 Å². The molecule has 17 heavy (non-hydrogen) atoms. The van der Waals surface area contributed by atoms with Crippen LogP contribution in [0.2, 0.25) is 5.15 Å². The molecule has 1 fully saturated rings. The predicted molar refractivity (Wildman–Crippen MR) is 64.4 cm³/mol. The first-order chi connectivity index (χ1) is 8.16. The average molecular weight is 254 g/mol. The lowest BCUT2D eigenvalue weighted by molar-refractivity contribution is -0.120. The maximum absolute atomic E-state index is 12.0. The van der Waals surface area contributed by atoms with Crippen LogP contribution in [0.25, 0.3) is 0 Å². The normalized spacial score (nSPS) is 27.2. The third-order valence-electron chi connectivity index (χ3n) is 3.32. The molecule has 1 amide bonds. The molecule has 90 valence electrons. The van der Waals surface area contributed by atoms with Crippen LogP contribution in [-0.2, 0) is 9.53 Å². The Bertz CT molecular complexity index is 480. The second-order valence-corrected chi connectivity index (χ2v) is 4.70. The second kappa shape index (κ2) is 3.85. The van der Waals surface area contributed by atoms with Gasteiger partial charge in [-0.15, -0.1) is 0 Å². The first-order valence-corrected chi connectivity index (χ1v) is 5.82. The van der Waals surface area contributed by atoms with Crippen LogP contribution < -0.4 is 10.2 Å². The summed E-state index contributed by atoms with van der Waals surface area (Å²) in [5, 5.41) is 3.29. The van der Waals surface area contributed by atoms with Gasteiger partial charge >= 0.3 is 0 Å². The summed E-state index contributed by atoms with van der Waals surface area (Å²) in [5.41, 5.74) is 0.705. The number of halogens is 1. The molecule has 3 rings (SSSR count). The zero-order chi connectivity index (χ0) is 12.0. The van der Waals surface area contributed by atoms with Gasteiger partial charge in [0.2, 0.25) is 5.91 Å². The highest BCUT2D eigenvalue weighted by Gasteiger charge is 2.40. The third-order valence-corrected chi connectivity index (χ3v) is 3.53. The molecule has 0 radical (unpaired) electrons. The summed E-state index contributed by atoms with van der Waals surface area (Å²) in [7, 11) is 1.91. The maximum Gasteiger partial charge on any atom is 0.232 e. The highest BCUT2D eigenvalue weighted by molar-refractivity contribution is 6.29. The number of nitrogens with zero attached hydrogens (tertiary/aromatic N) is 2. The summed E-state index contributed by atoms with van der Waals surface area (Å²) in [6.07, 6.45) is 0. The number of likely N-dealkylation sites (N-methyl/N-ethyl adjacent to an activating group) is 1. The molecule has 3 heterocycles. The highest BCUT2D eigenvalue weighted by Crippen LogP contribution is 2.33. The summed E-state index contributed by atoms with van der Waals surface area (Å²) >= 11 is 5.89. The smallest absolute Gasteiger partial charge is 0.232 e. The van der Waals surface area contributed by atoms with Crippen molar-refractivity contribution in [3.63, 3.8) is 0 Å². The van der Waals surface area contributed by atoms with Crippen molar-refractivity contribution in [2.75, 3.05) is 30.5 Å². The number of hydrogen-bond acceptors (Lipinski definition) is 4. The molecule has 2 aliphatic heterocycles. The number of hydrogen-bond donors (Lipinski definition) is 1. The number of fused-ring (bicyclic) bond motifs is 2. The number of pyridine rings is 1. The van der Waals surface area contributed by atoms with Gasteiger partial charge in [-0.1, -0.05) is 11.6 Å². The Balaban J connectivity index is 2.09. The molecule has 2 atom stereocenters. The number of amides is 1. The van der Waals surface area contributed by atoms with Crippen LogP contribution in [0.3, 0.4) is 0 Å². The molecule has 0 aliphatic carbocycles. The summed E-state index contributed by atoms with van der Waals surface area (Å²) < 4.78 is 5.37. The van der Waals surface area contributed by atoms with E-state index in [1.54, 1.807) is 12.1 Å². The minimum atomic E-state index is -0.145. The molecule has 0 saturated carbocycles. The van der Waals surface area contributed by atoms with E-state index in [0.29, 0.717) is 29.9 Å². The standard InChI is InChI=1S/C11H12ClN3O2/c1-15-8-5-17-4-6(8)11(16)13-7-2-3-9(12)14-10(7)15/h2-3,6,8H,4-5H2,1H3,(H,13,16). The van der Waals surface area contributed by atoms with Gasteiger partial charge in [0.05, 0.1) is 30.9 Å². The minimum absolute atomic E-state index is 0.0118. The Kier molecular flexibility index (Phi) is 2.45. The van der Waals surface area contributed by atoms with Crippen LogP contribution in [0.4, 0.5) is 11.5 Å². The third kappa shape index (κ3) is 1.66. The lowest BCUT2D eigenvalue weighted by atomic mass is 10.0. The molecule has 1 aromatic heterocycles. The molecule has 6 heteroatoms. The first kappa shape index (κ1) is 10.8. The van der Waals surface area contributed by atoms with E-state index in [0.717, 1.165) is 0 Å². The van der Waals surface area contributed by atoms with E-state index in [4.69, 9.17) is 16.3 Å². The molecule has 0 aromatic carbocycles. The number of nitrogens with one attached hydrogen (secondary N) is 1. The van der Waals surface area contributed by atoms with Gasteiger partial charge in [0.15, 0.2) is 5.82 Å². The van der Waals surface area contributed by atoms with E-state index in [2.05, 4.69) is 10.3 Å². The summed E-state index contributed by atoms with van der Waals surface area (Å²) in [4.78, 5) is 18.3. The fraction of sp³-hybridized carbons (Fsp3) is 0.455. The molecule has 0 bridgehead atoms. The highest BCUT2D eigenvalue weighted by atomic mass is 35.5. The summed E-state index contributed by atoms with van der Waals surface area (Å²) in [5.74, 6) is 0.541. The fourth-order valence-corrected chi connectivity index (χ4v) is 2.49. The van der Waals surface area contributed by atoms with Crippen molar-refractivity contribution in [3.05, 3.63) is 17.3 Å². The van der Waals surface area contributed by atoms with Gasteiger partial charge in [-0.2, -0.15) is 0 Å². The van der Waals surface area contributed by atoms with Crippen LogP contribution >= 0.6 is 11.6 Å². The average Bonchev–Trinajstić information content (AvgIpc) is 2.76. The van der Waals surface area contributed by atoms with E-state index < -0.39 is 0 Å². The minimum Gasteiger partial charge on any atom is -0.378 e. The van der Waals surface area contributed by atoms with Gasteiger partial charge in [-0.3, -0.25) is 4.79 Å². The van der Waals surface area contributed by atoms with Crippen LogP contribution in [0, 0.1) is 5.92 Å². The fourth-order valence-electron chi connectivity index (χ4n) is 2.35. The Hall–Kier alpha value is -1.33. The van der Waals surface area contributed by atoms with E-state index in [-0.39, 0.29) is 17.9 Å². The molecule has 2 unspecified atom stereocenters. The number of aromatic nitrogens is 1. The number of carbonyl (C=O) groups excluding carboxylic acids is 1. The van der Waals surface area contributed by atoms with Gasteiger partial charge in [0, 0.05) is 7.05 Å². The SMILES string of the molecule is CN1c2nc(Cl)ccc2NC(=O)C2COCC21. The number of carbonyl (C=O) groups is 1. The molecule has 0 spiro atoms. The maximum atomic E-state index is 12.0. The van der Waals surface area contributed by atoms with Gasteiger partial charge in [-0.05, 0) is 12.1 Å². The Morgan fingerprint density at radius 3 is 3.18 bits per heavy atom. The quantitative estimate of drug-likeness (QED) is 0.705. The van der Waals surface area contributed by atoms with E-state index in [1.165, 1.54) is 0 Å². The van der Waals surface area contributed by atoms with E-state index in [1.807, 2.05) is 11.9 Å². The molecule has 5 nitrogen and oxygen atoms in total. The van der Waals surface area contributed by atoms with Crippen molar-refractivity contribution >= 4 is 29.0 Å². The van der Waals surface area contributed by atoms with Crippen LogP contribution in [0.1, 0.15) is 0 Å². The Morgan fingerprint density at radius 1 is 1.53 bits per heavy atom. The first-order valence-electron chi connectivity index (χ1n) is 5.45. The molecular weight excluding hydrogens is 242 g/mol. The zero-order valence-corrected chi connectivity index (χ0v) is 10.1.